The highest BCUT2D eigenvalue weighted by Crippen LogP contribution is 2.35. The third-order valence-electron chi connectivity index (χ3n) is 5.48. The van der Waals surface area contributed by atoms with Crippen molar-refractivity contribution in [2.45, 2.75) is 31.9 Å². The summed E-state index contributed by atoms with van der Waals surface area (Å²) in [4.78, 5) is 39.1. The highest BCUT2D eigenvalue weighted by Gasteiger charge is 2.21. The number of aryl methyl sites for hydroxylation is 3. The summed E-state index contributed by atoms with van der Waals surface area (Å²) in [5.74, 6) is 1.91. The lowest BCUT2D eigenvalue weighted by Crippen LogP contribution is -2.15. The molecule has 0 aliphatic heterocycles. The Balaban J connectivity index is 1.20. The molecule has 3 heterocycles. The smallest absolute Gasteiger partial charge is 0.259 e. The van der Waals surface area contributed by atoms with Gasteiger partial charge >= 0.3 is 0 Å². The van der Waals surface area contributed by atoms with Gasteiger partial charge in [-0.15, -0.1) is 34.4 Å². The molecule has 0 saturated carbocycles. The van der Waals surface area contributed by atoms with Gasteiger partial charge in [-0.2, -0.15) is 0 Å². The van der Waals surface area contributed by atoms with Crippen molar-refractivity contribution in [2.24, 2.45) is 0 Å². The van der Waals surface area contributed by atoms with Crippen molar-refractivity contribution >= 4 is 55.7 Å². The number of aromatic amines is 1. The maximum atomic E-state index is 12.6. The van der Waals surface area contributed by atoms with Gasteiger partial charge in [-0.3, -0.25) is 9.59 Å². The first-order valence-corrected chi connectivity index (χ1v) is 13.4. The number of benzene rings is 1. The minimum atomic E-state index is -0.143. The fourth-order valence-corrected chi connectivity index (χ4v) is 6.69. The number of carbonyl (C=O) groups is 1. The number of thiazole rings is 1. The van der Waals surface area contributed by atoms with E-state index in [9.17, 15) is 9.59 Å². The molecule has 0 saturated heterocycles. The molecule has 7 nitrogen and oxygen atoms in total. The minimum absolute atomic E-state index is 0.0682. The molecule has 1 aliphatic rings. The molecule has 1 aromatic carbocycles. The summed E-state index contributed by atoms with van der Waals surface area (Å²) in [6, 6.07) is 5.92. The van der Waals surface area contributed by atoms with E-state index in [0.29, 0.717) is 16.7 Å². The number of carbonyl (C=O) groups excluding carboxylic acids is 1. The normalized spacial score (nSPS) is 12.8. The Hall–Kier alpha value is -2.69. The van der Waals surface area contributed by atoms with Crippen LogP contribution in [0.2, 0.25) is 0 Å². The molecule has 0 radical (unpaired) electrons. The van der Waals surface area contributed by atoms with E-state index in [4.69, 9.17) is 4.74 Å². The van der Waals surface area contributed by atoms with E-state index in [-0.39, 0.29) is 17.2 Å². The monoisotopic (exact) mass is 498 g/mol. The first-order chi connectivity index (χ1) is 16.0. The number of amides is 1. The minimum Gasteiger partial charge on any atom is -0.496 e. The van der Waals surface area contributed by atoms with Gasteiger partial charge in [0, 0.05) is 15.8 Å². The van der Waals surface area contributed by atoms with Crippen LogP contribution in [0.3, 0.4) is 0 Å². The average Bonchev–Trinajstić information content (AvgIpc) is 3.50. The Morgan fingerprint density at radius 1 is 1.30 bits per heavy atom. The summed E-state index contributed by atoms with van der Waals surface area (Å²) < 4.78 is 5.44. The van der Waals surface area contributed by atoms with Crippen LogP contribution >= 0.6 is 34.4 Å². The van der Waals surface area contributed by atoms with Crippen LogP contribution in [0, 0.1) is 6.92 Å². The second-order valence-electron chi connectivity index (χ2n) is 7.83. The number of H-pyrrole nitrogens is 1. The number of hydrogen-bond acceptors (Lipinski definition) is 8. The van der Waals surface area contributed by atoms with E-state index >= 15 is 0 Å². The van der Waals surface area contributed by atoms with E-state index in [1.807, 2.05) is 30.5 Å². The summed E-state index contributed by atoms with van der Waals surface area (Å²) in [7, 11) is 1.63. The summed E-state index contributed by atoms with van der Waals surface area (Å²) in [6.45, 7) is 2.01. The van der Waals surface area contributed by atoms with Crippen LogP contribution in [-0.2, 0) is 23.4 Å². The number of hydrogen-bond donors (Lipinski definition) is 2. The highest BCUT2D eigenvalue weighted by atomic mass is 32.2. The lowest BCUT2D eigenvalue weighted by Gasteiger charge is -2.07. The van der Waals surface area contributed by atoms with Crippen molar-refractivity contribution in [3.63, 3.8) is 0 Å². The number of ether oxygens (including phenoxy) is 1. The molecular weight excluding hydrogens is 476 g/mol. The number of thioether (sulfide) groups is 1. The molecule has 33 heavy (non-hydrogen) atoms. The number of thiophene rings is 1. The second-order valence-corrected chi connectivity index (χ2v) is 10.8. The van der Waals surface area contributed by atoms with Crippen molar-refractivity contribution in [1.29, 1.82) is 0 Å². The summed E-state index contributed by atoms with van der Waals surface area (Å²) in [5, 5.41) is 6.05. The molecule has 0 bridgehead atoms. The molecule has 2 N–H and O–H groups in total. The van der Waals surface area contributed by atoms with E-state index < -0.39 is 0 Å². The first kappa shape index (κ1) is 22.1. The predicted molar refractivity (Wildman–Crippen MR) is 136 cm³/mol. The van der Waals surface area contributed by atoms with E-state index in [1.165, 1.54) is 33.5 Å². The molecular formula is C23H22N4O3S3. The summed E-state index contributed by atoms with van der Waals surface area (Å²) in [6.07, 6.45) is 3.11. The van der Waals surface area contributed by atoms with Crippen LogP contribution in [0.5, 0.6) is 5.75 Å². The SMILES string of the molecule is COc1ccc(C)cc1-c1csc(NC(=O)CSCc2nc3sc4c(c3c(=O)[nH]2)CCC4)n1. The molecule has 4 aromatic rings. The molecule has 0 atom stereocenters. The van der Waals surface area contributed by atoms with E-state index in [0.717, 1.165) is 52.0 Å². The number of aromatic nitrogens is 3. The quantitative estimate of drug-likeness (QED) is 0.380. The van der Waals surface area contributed by atoms with Gasteiger partial charge in [-0.05, 0) is 43.9 Å². The van der Waals surface area contributed by atoms with Crippen molar-refractivity contribution in [2.75, 3.05) is 18.2 Å². The first-order valence-electron chi connectivity index (χ1n) is 10.5. The third-order valence-corrected chi connectivity index (χ3v) is 8.36. The highest BCUT2D eigenvalue weighted by molar-refractivity contribution is 7.99. The summed E-state index contributed by atoms with van der Waals surface area (Å²) >= 11 is 4.41. The van der Waals surface area contributed by atoms with Crippen LogP contribution in [0.25, 0.3) is 21.5 Å². The Morgan fingerprint density at radius 2 is 2.18 bits per heavy atom. The van der Waals surface area contributed by atoms with Crippen molar-refractivity contribution in [3.8, 4) is 17.0 Å². The second kappa shape index (κ2) is 9.28. The van der Waals surface area contributed by atoms with Crippen molar-refractivity contribution < 1.29 is 9.53 Å². The molecule has 3 aromatic heterocycles. The van der Waals surface area contributed by atoms with Gasteiger partial charge in [0.05, 0.1) is 29.7 Å². The Bertz CT molecular complexity index is 1410. The van der Waals surface area contributed by atoms with Gasteiger partial charge in [0.15, 0.2) is 5.13 Å². The number of anilines is 1. The molecule has 0 unspecified atom stereocenters. The molecule has 0 spiro atoms. The number of nitrogens with zero attached hydrogens (tertiary/aromatic N) is 2. The standard InChI is InChI=1S/C23H22N4O3S3/c1-12-6-7-16(30-2)14(8-12)15-9-32-23(24-15)27-19(28)11-31-10-18-25-21(29)20-13-4-3-5-17(13)33-22(20)26-18/h6-9H,3-5,10-11H2,1-2H3,(H,24,27,28)(H,25,26,29). The molecule has 5 rings (SSSR count). The molecule has 1 amide bonds. The topological polar surface area (TPSA) is 97.0 Å². The number of nitrogens with one attached hydrogen (secondary N) is 2. The lowest BCUT2D eigenvalue weighted by atomic mass is 10.1. The maximum absolute atomic E-state index is 12.6. The maximum Gasteiger partial charge on any atom is 0.259 e. The van der Waals surface area contributed by atoms with Gasteiger partial charge in [0.2, 0.25) is 5.91 Å². The zero-order valence-electron chi connectivity index (χ0n) is 18.2. The molecule has 10 heteroatoms. The Kier molecular flexibility index (Phi) is 6.22. The van der Waals surface area contributed by atoms with Gasteiger partial charge < -0.3 is 15.0 Å². The van der Waals surface area contributed by atoms with E-state index in [1.54, 1.807) is 18.4 Å². The predicted octanol–water partition coefficient (Wildman–Crippen LogP) is 4.79. The van der Waals surface area contributed by atoms with Crippen LogP contribution in [0.15, 0.2) is 28.4 Å². The number of methoxy groups -OCH3 is 1. The van der Waals surface area contributed by atoms with Crippen molar-refractivity contribution in [1.82, 2.24) is 15.0 Å². The third kappa shape index (κ3) is 4.55. The molecule has 0 fully saturated rings. The van der Waals surface area contributed by atoms with Crippen molar-refractivity contribution in [3.05, 3.63) is 55.8 Å². The fourth-order valence-electron chi connectivity index (χ4n) is 3.99. The molecule has 1 aliphatic carbocycles. The fraction of sp³-hybridized carbons (Fsp3) is 0.304. The number of fused-ring (bicyclic) bond motifs is 3. The van der Waals surface area contributed by atoms with Gasteiger partial charge in [-0.25, -0.2) is 9.97 Å². The van der Waals surface area contributed by atoms with Crippen LogP contribution in [-0.4, -0.2) is 33.7 Å². The lowest BCUT2D eigenvalue weighted by molar-refractivity contribution is -0.113. The van der Waals surface area contributed by atoms with E-state index in [2.05, 4.69) is 20.3 Å². The average molecular weight is 499 g/mol. The van der Waals surface area contributed by atoms with Crippen LogP contribution in [0.1, 0.15) is 28.2 Å². The van der Waals surface area contributed by atoms with Crippen LogP contribution in [0.4, 0.5) is 5.13 Å². The largest absolute Gasteiger partial charge is 0.496 e. The Labute approximate surface area is 202 Å². The molecule has 170 valence electrons. The van der Waals surface area contributed by atoms with Crippen LogP contribution < -0.4 is 15.6 Å². The van der Waals surface area contributed by atoms with Gasteiger partial charge in [-0.1, -0.05) is 11.6 Å². The Morgan fingerprint density at radius 3 is 3.03 bits per heavy atom. The van der Waals surface area contributed by atoms with Gasteiger partial charge in [0.1, 0.15) is 16.4 Å². The zero-order valence-corrected chi connectivity index (χ0v) is 20.6. The number of rotatable bonds is 7. The summed E-state index contributed by atoms with van der Waals surface area (Å²) in [5.41, 5.74) is 3.88. The van der Waals surface area contributed by atoms with Gasteiger partial charge in [0.25, 0.3) is 5.56 Å². The zero-order chi connectivity index (χ0) is 22.9.